The summed E-state index contributed by atoms with van der Waals surface area (Å²) in [6.45, 7) is 0. The minimum atomic E-state index is -1.50. The lowest BCUT2D eigenvalue weighted by atomic mass is 10.2. The van der Waals surface area contributed by atoms with Gasteiger partial charge in [0.25, 0.3) is 4.52 Å². The number of nitrogens with zero attached hydrogens (tertiary/aromatic N) is 1. The average Bonchev–Trinajstić information content (AvgIpc) is 2.18. The standard InChI is InChI=1S/C8H8Cl2N2O2/c1-14-8(9,10)6-3-2-5(4-12-6)7(11)13/h2-4H,1H3,(H2,11,13). The van der Waals surface area contributed by atoms with E-state index in [1.807, 2.05) is 0 Å². The van der Waals surface area contributed by atoms with E-state index >= 15 is 0 Å². The molecule has 1 rings (SSSR count). The van der Waals surface area contributed by atoms with Gasteiger partial charge in [-0.2, -0.15) is 0 Å². The van der Waals surface area contributed by atoms with Crippen LogP contribution >= 0.6 is 23.2 Å². The first-order valence-corrected chi connectivity index (χ1v) is 4.42. The summed E-state index contributed by atoms with van der Waals surface area (Å²) in [5.74, 6) is -0.559. The van der Waals surface area contributed by atoms with Crippen LogP contribution in [0.3, 0.4) is 0 Å². The van der Waals surface area contributed by atoms with Crippen LogP contribution < -0.4 is 5.73 Å². The molecular weight excluding hydrogens is 227 g/mol. The van der Waals surface area contributed by atoms with Gasteiger partial charge in [-0.1, -0.05) is 23.2 Å². The van der Waals surface area contributed by atoms with Crippen LogP contribution in [0.2, 0.25) is 0 Å². The number of nitrogens with two attached hydrogens (primary N) is 1. The molecule has 0 aliphatic rings. The molecule has 4 nitrogen and oxygen atoms in total. The number of carbonyl (C=O) groups excluding carboxylic acids is 1. The minimum Gasteiger partial charge on any atom is -0.366 e. The first-order chi connectivity index (χ1) is 6.47. The number of hydrogen-bond donors (Lipinski definition) is 1. The number of rotatable bonds is 3. The van der Waals surface area contributed by atoms with Crippen molar-refractivity contribution in [1.29, 1.82) is 0 Å². The van der Waals surface area contributed by atoms with Crippen LogP contribution in [0, 0.1) is 0 Å². The maximum Gasteiger partial charge on any atom is 0.261 e. The fourth-order valence-electron chi connectivity index (χ4n) is 0.816. The Balaban J connectivity index is 2.99. The Morgan fingerprint density at radius 2 is 2.21 bits per heavy atom. The Hall–Kier alpha value is -0.840. The summed E-state index contributed by atoms with van der Waals surface area (Å²) in [5.41, 5.74) is 5.61. The number of alkyl halides is 2. The Labute approximate surface area is 91.0 Å². The highest BCUT2D eigenvalue weighted by molar-refractivity contribution is 6.46. The van der Waals surface area contributed by atoms with Crippen molar-refractivity contribution in [1.82, 2.24) is 4.98 Å². The summed E-state index contributed by atoms with van der Waals surface area (Å²) in [5, 5.41) is 0. The molecule has 76 valence electrons. The molecule has 0 fully saturated rings. The third-order valence-electron chi connectivity index (χ3n) is 1.60. The van der Waals surface area contributed by atoms with Gasteiger partial charge in [0, 0.05) is 13.3 Å². The molecule has 0 bridgehead atoms. The molecule has 1 aromatic rings. The summed E-state index contributed by atoms with van der Waals surface area (Å²) in [4.78, 5) is 14.6. The molecule has 1 amide bonds. The van der Waals surface area contributed by atoms with Crippen molar-refractivity contribution in [2.45, 2.75) is 4.52 Å². The van der Waals surface area contributed by atoms with Gasteiger partial charge in [0.1, 0.15) is 5.69 Å². The average molecular weight is 235 g/mol. The smallest absolute Gasteiger partial charge is 0.261 e. The van der Waals surface area contributed by atoms with Gasteiger partial charge in [0.05, 0.1) is 5.56 Å². The van der Waals surface area contributed by atoms with Crippen molar-refractivity contribution in [3.05, 3.63) is 29.6 Å². The Morgan fingerprint density at radius 1 is 1.57 bits per heavy atom. The molecule has 0 aliphatic heterocycles. The summed E-state index contributed by atoms with van der Waals surface area (Å²) < 4.78 is 3.27. The molecule has 2 N–H and O–H groups in total. The SMILES string of the molecule is COC(Cl)(Cl)c1ccc(C(N)=O)cn1. The van der Waals surface area contributed by atoms with Crippen molar-refractivity contribution in [3.8, 4) is 0 Å². The van der Waals surface area contributed by atoms with E-state index in [0.717, 1.165) is 0 Å². The van der Waals surface area contributed by atoms with Gasteiger partial charge < -0.3 is 10.5 Å². The maximum absolute atomic E-state index is 10.7. The largest absolute Gasteiger partial charge is 0.366 e. The lowest BCUT2D eigenvalue weighted by Crippen LogP contribution is -2.16. The van der Waals surface area contributed by atoms with Crippen LogP contribution in [0.5, 0.6) is 0 Å². The first kappa shape index (κ1) is 11.2. The van der Waals surface area contributed by atoms with Crippen LogP contribution in [0.25, 0.3) is 0 Å². The van der Waals surface area contributed by atoms with Gasteiger partial charge in [0.15, 0.2) is 0 Å². The van der Waals surface area contributed by atoms with Crippen LogP contribution in [-0.4, -0.2) is 18.0 Å². The Morgan fingerprint density at radius 3 is 2.57 bits per heavy atom. The molecule has 0 unspecified atom stereocenters. The molecule has 0 saturated heterocycles. The van der Waals surface area contributed by atoms with E-state index in [4.69, 9.17) is 33.7 Å². The van der Waals surface area contributed by atoms with E-state index in [2.05, 4.69) is 4.98 Å². The molecular formula is C8H8Cl2N2O2. The van der Waals surface area contributed by atoms with E-state index < -0.39 is 10.4 Å². The fourth-order valence-corrected chi connectivity index (χ4v) is 1.04. The van der Waals surface area contributed by atoms with Crippen LogP contribution in [0.15, 0.2) is 18.3 Å². The number of carbonyl (C=O) groups is 1. The van der Waals surface area contributed by atoms with E-state index in [1.165, 1.54) is 25.4 Å². The number of amides is 1. The second-order valence-electron chi connectivity index (χ2n) is 2.52. The highest BCUT2D eigenvalue weighted by atomic mass is 35.5. The third-order valence-corrected chi connectivity index (χ3v) is 2.30. The number of aromatic nitrogens is 1. The van der Waals surface area contributed by atoms with Gasteiger partial charge in [0.2, 0.25) is 5.91 Å². The summed E-state index contributed by atoms with van der Waals surface area (Å²) >= 11 is 11.5. The van der Waals surface area contributed by atoms with Gasteiger partial charge in [-0.15, -0.1) is 0 Å². The summed E-state index contributed by atoms with van der Waals surface area (Å²) in [6, 6.07) is 2.95. The summed E-state index contributed by atoms with van der Waals surface area (Å²) in [6.07, 6.45) is 1.29. The number of methoxy groups -OCH3 is 1. The Kier molecular flexibility index (Phi) is 3.31. The molecule has 0 radical (unpaired) electrons. The number of ether oxygens (including phenoxy) is 1. The zero-order valence-corrected chi connectivity index (χ0v) is 8.84. The first-order valence-electron chi connectivity index (χ1n) is 3.66. The normalized spacial score (nSPS) is 11.4. The van der Waals surface area contributed by atoms with Gasteiger partial charge in [-0.25, -0.2) is 0 Å². The second-order valence-corrected chi connectivity index (χ2v) is 3.78. The molecule has 14 heavy (non-hydrogen) atoms. The number of primary amides is 1. The van der Waals surface area contributed by atoms with Crippen molar-refractivity contribution < 1.29 is 9.53 Å². The predicted molar refractivity (Wildman–Crippen MR) is 53.1 cm³/mol. The van der Waals surface area contributed by atoms with E-state index in [1.54, 1.807) is 0 Å². The van der Waals surface area contributed by atoms with E-state index in [-0.39, 0.29) is 5.56 Å². The number of hydrogen-bond acceptors (Lipinski definition) is 3. The molecule has 0 spiro atoms. The molecule has 0 aromatic carbocycles. The molecule has 1 aromatic heterocycles. The third kappa shape index (κ3) is 2.35. The number of halogens is 2. The van der Waals surface area contributed by atoms with E-state index in [9.17, 15) is 4.79 Å². The highest BCUT2D eigenvalue weighted by Crippen LogP contribution is 2.32. The zero-order valence-electron chi connectivity index (χ0n) is 7.33. The van der Waals surface area contributed by atoms with Crippen LogP contribution in [0.4, 0.5) is 0 Å². The maximum atomic E-state index is 10.7. The minimum absolute atomic E-state index is 0.286. The van der Waals surface area contributed by atoms with E-state index in [0.29, 0.717) is 5.69 Å². The molecule has 0 saturated carbocycles. The van der Waals surface area contributed by atoms with Crippen molar-refractivity contribution in [2.75, 3.05) is 7.11 Å². The lowest BCUT2D eigenvalue weighted by molar-refractivity contribution is 0.0999. The van der Waals surface area contributed by atoms with Crippen molar-refractivity contribution in [2.24, 2.45) is 5.73 Å². The molecule has 6 heteroatoms. The highest BCUT2D eigenvalue weighted by Gasteiger charge is 2.27. The fraction of sp³-hybridized carbons (Fsp3) is 0.250. The molecule has 1 heterocycles. The lowest BCUT2D eigenvalue weighted by Gasteiger charge is -2.16. The molecule has 0 atom stereocenters. The quantitative estimate of drug-likeness (QED) is 0.805. The van der Waals surface area contributed by atoms with Gasteiger partial charge in [-0.05, 0) is 12.1 Å². The van der Waals surface area contributed by atoms with Gasteiger partial charge in [-0.3, -0.25) is 9.78 Å². The van der Waals surface area contributed by atoms with Crippen LogP contribution in [0.1, 0.15) is 16.1 Å². The zero-order chi connectivity index (χ0) is 10.8. The van der Waals surface area contributed by atoms with Crippen LogP contribution in [-0.2, 0) is 9.26 Å². The Bertz CT molecular complexity index is 338. The van der Waals surface area contributed by atoms with Gasteiger partial charge >= 0.3 is 0 Å². The summed E-state index contributed by atoms with van der Waals surface area (Å²) in [7, 11) is 1.35. The van der Waals surface area contributed by atoms with Crippen molar-refractivity contribution in [3.63, 3.8) is 0 Å². The topological polar surface area (TPSA) is 65.2 Å². The number of pyridine rings is 1. The monoisotopic (exact) mass is 234 g/mol. The van der Waals surface area contributed by atoms with Crippen molar-refractivity contribution >= 4 is 29.1 Å². The molecule has 0 aliphatic carbocycles. The predicted octanol–water partition coefficient (Wildman–Crippen LogP) is 1.41. The second kappa shape index (κ2) is 4.13.